The van der Waals surface area contributed by atoms with E-state index in [1.165, 1.54) is 96.3 Å². The van der Waals surface area contributed by atoms with Crippen molar-refractivity contribution >= 4 is 11.9 Å². The predicted molar refractivity (Wildman–Crippen MR) is 259 cm³/mol. The van der Waals surface area contributed by atoms with Crippen LogP contribution in [0.4, 0.5) is 0 Å². The van der Waals surface area contributed by atoms with Gasteiger partial charge in [0.05, 0.1) is 25.7 Å². The molecule has 10 nitrogen and oxygen atoms in total. The van der Waals surface area contributed by atoms with Gasteiger partial charge in [-0.2, -0.15) is 0 Å². The van der Waals surface area contributed by atoms with Crippen LogP contribution in [0.2, 0.25) is 0 Å². The molecular formula is C52H103N3O7. The minimum atomic E-state index is -0.322. The van der Waals surface area contributed by atoms with E-state index in [1.807, 2.05) is 0 Å². The summed E-state index contributed by atoms with van der Waals surface area (Å²) in [6.07, 6.45) is 34.4. The lowest BCUT2D eigenvalue weighted by molar-refractivity contribution is -0.159. The van der Waals surface area contributed by atoms with Crippen molar-refractivity contribution in [2.45, 2.75) is 232 Å². The van der Waals surface area contributed by atoms with Gasteiger partial charge in [-0.1, -0.05) is 143 Å². The highest BCUT2D eigenvalue weighted by molar-refractivity contribution is 5.69. The van der Waals surface area contributed by atoms with Gasteiger partial charge in [-0.05, 0) is 91.5 Å². The molecule has 0 spiro atoms. The van der Waals surface area contributed by atoms with Crippen LogP contribution in [0, 0.1) is 0 Å². The van der Waals surface area contributed by atoms with E-state index in [0.717, 1.165) is 136 Å². The van der Waals surface area contributed by atoms with Gasteiger partial charge in [-0.15, -0.1) is 0 Å². The Morgan fingerprint density at radius 3 is 1.52 bits per heavy atom. The van der Waals surface area contributed by atoms with Crippen LogP contribution in [-0.4, -0.2) is 132 Å². The van der Waals surface area contributed by atoms with Gasteiger partial charge < -0.3 is 33.5 Å². The standard InChI is InChI=1S/C52H103N3O7/c1-6-9-12-15-16-17-18-22-28-43-59-50(56)33-25-24-27-39-54(41-42-55-40-36-49(48-55)58-47-32-37-53(4)5)38-26-19-23-29-44-60-51(57)34-35-52(61-45-30-20-13-10-7-2)62-46-31-21-14-11-8-3/h49,52H,6-48H2,1-5H3. The van der Waals surface area contributed by atoms with E-state index in [2.05, 4.69) is 49.6 Å². The Labute approximate surface area is 384 Å². The molecule has 0 aliphatic carbocycles. The van der Waals surface area contributed by atoms with Gasteiger partial charge in [0.2, 0.25) is 0 Å². The lowest BCUT2D eigenvalue weighted by Gasteiger charge is -2.25. The monoisotopic (exact) mass is 882 g/mol. The maximum atomic E-state index is 12.6. The number of rotatable bonds is 48. The first kappa shape index (κ1) is 58.7. The van der Waals surface area contributed by atoms with Gasteiger partial charge in [0.15, 0.2) is 6.29 Å². The van der Waals surface area contributed by atoms with Gasteiger partial charge in [0.1, 0.15) is 0 Å². The summed E-state index contributed by atoms with van der Waals surface area (Å²) in [6.45, 7) is 17.5. The Hall–Kier alpha value is -1.30. The molecule has 1 aliphatic heterocycles. The van der Waals surface area contributed by atoms with Crippen molar-refractivity contribution in [2.75, 3.05) is 92.9 Å². The first-order valence-corrected chi connectivity index (χ1v) is 26.6. The number of esters is 2. The Morgan fingerprint density at radius 1 is 0.516 bits per heavy atom. The molecule has 1 aliphatic rings. The number of carbonyl (C=O) groups excluding carboxylic acids is 2. The zero-order chi connectivity index (χ0) is 45.0. The molecule has 0 aromatic rings. The highest BCUT2D eigenvalue weighted by Gasteiger charge is 2.23. The lowest BCUT2D eigenvalue weighted by Crippen LogP contribution is -2.36. The fourth-order valence-electron chi connectivity index (χ4n) is 8.18. The molecule has 10 heteroatoms. The second-order valence-electron chi connectivity index (χ2n) is 18.6. The number of nitrogens with zero attached hydrogens (tertiary/aromatic N) is 3. The molecule has 0 saturated carbocycles. The molecule has 0 radical (unpaired) electrons. The molecule has 1 saturated heterocycles. The molecular weight excluding hydrogens is 779 g/mol. The fourth-order valence-corrected chi connectivity index (χ4v) is 8.18. The smallest absolute Gasteiger partial charge is 0.305 e. The van der Waals surface area contributed by atoms with Crippen LogP contribution < -0.4 is 0 Å². The number of hydrogen-bond donors (Lipinski definition) is 0. The summed E-state index contributed by atoms with van der Waals surface area (Å²) in [5.41, 5.74) is 0. The minimum absolute atomic E-state index is 0.0288. The maximum Gasteiger partial charge on any atom is 0.305 e. The van der Waals surface area contributed by atoms with Crippen molar-refractivity contribution in [3.8, 4) is 0 Å². The molecule has 0 aromatic carbocycles. The number of ether oxygens (including phenoxy) is 5. The third kappa shape index (κ3) is 39.1. The van der Waals surface area contributed by atoms with Gasteiger partial charge in [-0.3, -0.25) is 14.5 Å². The topological polar surface area (TPSA) is 90.0 Å². The van der Waals surface area contributed by atoms with Crippen molar-refractivity contribution in [1.29, 1.82) is 0 Å². The third-order valence-electron chi connectivity index (χ3n) is 12.3. The van der Waals surface area contributed by atoms with Gasteiger partial charge in [-0.25, -0.2) is 0 Å². The summed E-state index contributed by atoms with van der Waals surface area (Å²) in [6, 6.07) is 0. The number of unbranched alkanes of at least 4 members (excludes halogenated alkanes) is 21. The van der Waals surface area contributed by atoms with Crippen LogP contribution in [-0.2, 0) is 33.3 Å². The molecule has 0 bridgehead atoms. The summed E-state index contributed by atoms with van der Waals surface area (Å²) in [5.74, 6) is -0.173. The van der Waals surface area contributed by atoms with E-state index in [0.29, 0.717) is 51.8 Å². The van der Waals surface area contributed by atoms with E-state index in [4.69, 9.17) is 23.7 Å². The van der Waals surface area contributed by atoms with Crippen LogP contribution in [0.5, 0.6) is 0 Å². The SMILES string of the molecule is CCCCCCCCCCCOC(=O)CCCCCN(CCCCCCOC(=O)CCC(OCCCCCCC)OCCCCCCC)CCN1CCC(OCCCN(C)C)C1. The fraction of sp³-hybridized carbons (Fsp3) is 0.962. The molecule has 0 amide bonds. The van der Waals surface area contributed by atoms with E-state index in [1.54, 1.807) is 0 Å². The largest absolute Gasteiger partial charge is 0.466 e. The molecule has 0 N–H and O–H groups in total. The second-order valence-corrected chi connectivity index (χ2v) is 18.6. The lowest BCUT2D eigenvalue weighted by atomic mass is 10.1. The first-order chi connectivity index (χ1) is 30.4. The minimum Gasteiger partial charge on any atom is -0.466 e. The zero-order valence-electron chi connectivity index (χ0n) is 41.8. The first-order valence-electron chi connectivity index (χ1n) is 26.6. The van der Waals surface area contributed by atoms with Crippen molar-refractivity contribution < 1.29 is 33.3 Å². The van der Waals surface area contributed by atoms with E-state index < -0.39 is 0 Å². The van der Waals surface area contributed by atoms with E-state index in [-0.39, 0.29) is 18.2 Å². The quantitative estimate of drug-likeness (QED) is 0.0334. The summed E-state index contributed by atoms with van der Waals surface area (Å²) < 4.78 is 29.6. The molecule has 1 unspecified atom stereocenters. The summed E-state index contributed by atoms with van der Waals surface area (Å²) in [4.78, 5) is 32.4. The summed E-state index contributed by atoms with van der Waals surface area (Å²) >= 11 is 0. The van der Waals surface area contributed by atoms with Gasteiger partial charge >= 0.3 is 11.9 Å². The Balaban J connectivity index is 2.36. The molecule has 1 atom stereocenters. The normalized spacial score (nSPS) is 14.5. The Bertz CT molecular complexity index is 957. The predicted octanol–water partition coefficient (Wildman–Crippen LogP) is 12.1. The molecule has 368 valence electrons. The molecule has 1 heterocycles. The highest BCUT2D eigenvalue weighted by atomic mass is 16.7. The van der Waals surface area contributed by atoms with E-state index in [9.17, 15) is 9.59 Å². The van der Waals surface area contributed by atoms with Crippen LogP contribution in [0.25, 0.3) is 0 Å². The second kappa shape index (κ2) is 44.9. The third-order valence-corrected chi connectivity index (χ3v) is 12.3. The van der Waals surface area contributed by atoms with E-state index >= 15 is 0 Å². The number of carbonyl (C=O) groups is 2. The van der Waals surface area contributed by atoms with Crippen molar-refractivity contribution in [3.05, 3.63) is 0 Å². The summed E-state index contributed by atoms with van der Waals surface area (Å²) in [7, 11) is 4.23. The summed E-state index contributed by atoms with van der Waals surface area (Å²) in [5, 5.41) is 0. The zero-order valence-corrected chi connectivity index (χ0v) is 41.8. The molecule has 62 heavy (non-hydrogen) atoms. The van der Waals surface area contributed by atoms with Gasteiger partial charge in [0.25, 0.3) is 0 Å². The van der Waals surface area contributed by atoms with Crippen LogP contribution in [0.3, 0.4) is 0 Å². The van der Waals surface area contributed by atoms with Crippen LogP contribution in [0.1, 0.15) is 220 Å². The average Bonchev–Trinajstić information content (AvgIpc) is 3.72. The van der Waals surface area contributed by atoms with Crippen LogP contribution in [0.15, 0.2) is 0 Å². The number of hydrogen-bond acceptors (Lipinski definition) is 10. The van der Waals surface area contributed by atoms with Crippen molar-refractivity contribution in [1.82, 2.24) is 14.7 Å². The molecule has 0 aromatic heterocycles. The highest BCUT2D eigenvalue weighted by Crippen LogP contribution is 2.16. The van der Waals surface area contributed by atoms with Crippen molar-refractivity contribution in [2.24, 2.45) is 0 Å². The van der Waals surface area contributed by atoms with Crippen molar-refractivity contribution in [3.63, 3.8) is 0 Å². The van der Waals surface area contributed by atoms with Crippen LogP contribution >= 0.6 is 0 Å². The molecule has 1 rings (SSSR count). The maximum absolute atomic E-state index is 12.6. The Kier molecular flexibility index (Phi) is 42.5. The average molecular weight is 882 g/mol. The van der Waals surface area contributed by atoms with Gasteiger partial charge in [0, 0.05) is 58.8 Å². The molecule has 1 fully saturated rings. The number of likely N-dealkylation sites (tertiary alicyclic amines) is 1. The Morgan fingerprint density at radius 2 is 0.984 bits per heavy atom.